The average molecular weight is 196 g/mol. The molecule has 0 aromatic carbocycles. The number of rotatable bonds is 0. The molecular weight excluding hydrogens is 190 g/mol. The Kier molecular flexibility index (Phi) is 22.5. The van der Waals surface area contributed by atoms with Crippen molar-refractivity contribution in [2.24, 2.45) is 0 Å². The summed E-state index contributed by atoms with van der Waals surface area (Å²) in [5, 5.41) is 0. The van der Waals surface area contributed by atoms with E-state index in [4.69, 9.17) is 18.9 Å². The number of hydrogen-bond acceptors (Lipinski definition) is 4. The molecule has 0 saturated carbocycles. The van der Waals surface area contributed by atoms with Crippen molar-refractivity contribution < 1.29 is 18.9 Å². The van der Waals surface area contributed by atoms with Crippen molar-refractivity contribution in [1.82, 2.24) is 0 Å². The second-order valence-electron chi connectivity index (χ2n) is 0.879. The molecule has 9 heavy (non-hydrogen) atoms. The first-order valence-corrected chi connectivity index (χ1v) is 4.87. The minimum Gasteiger partial charge on any atom is -0.596 e. The predicted molar refractivity (Wildman–Crippen MR) is 32.8 cm³/mol. The van der Waals surface area contributed by atoms with Crippen molar-refractivity contribution in [2.75, 3.05) is 13.3 Å². The molecule has 2 unspecified atom stereocenters. The molecule has 0 radical (unpaired) electrons. The van der Waals surface area contributed by atoms with Crippen molar-refractivity contribution in [1.29, 1.82) is 0 Å². The topological polar surface area (TPSA) is 80.3 Å². The normalized spacial score (nSPS) is 9.78. The van der Waals surface area contributed by atoms with E-state index in [0.29, 0.717) is 0 Å². The molecule has 0 bridgehead atoms. The maximum Gasteiger partial charge on any atom is 2.00 e. The van der Waals surface area contributed by atoms with Crippen molar-refractivity contribution in [3.8, 4) is 0 Å². The van der Waals surface area contributed by atoms with Crippen LogP contribution in [-0.4, -0.2) is 51.1 Å². The first-order valence-electron chi connectivity index (χ1n) is 1.62. The summed E-state index contributed by atoms with van der Waals surface area (Å²) in [5.41, 5.74) is 0. The molecule has 7 heteroatoms. The summed E-state index contributed by atoms with van der Waals surface area (Å²) >= 11 is 0. The Balaban J connectivity index is -0.0000000720. The Morgan fingerprint density at radius 3 is 1.00 bits per heavy atom. The largest absolute Gasteiger partial charge is 2.00 e. The van der Waals surface area contributed by atoms with E-state index >= 15 is 0 Å². The van der Waals surface area contributed by atoms with Crippen LogP contribution < -0.4 is 9.79 Å². The zero-order chi connectivity index (χ0) is 7.15. The summed E-state index contributed by atoms with van der Waals surface area (Å²) in [6.07, 6.45) is 0. The molecule has 0 fully saturated rings. The van der Waals surface area contributed by atoms with Gasteiger partial charge in [-0.3, -0.25) is 0 Å². The van der Waals surface area contributed by atoms with Gasteiger partial charge in [0.05, 0.1) is 0 Å². The molecular formula is C2H6CaO4P2+2. The SMILES string of the molecule is C[P+](=O)[O-].C[P+](=O)[O-].[Ca+2]. The van der Waals surface area contributed by atoms with Crippen molar-refractivity contribution in [3.63, 3.8) is 0 Å². The molecule has 0 amide bonds. The Hall–Kier alpha value is 1.38. The van der Waals surface area contributed by atoms with Gasteiger partial charge in [-0.1, -0.05) is 9.13 Å². The molecule has 0 N–H and O–H groups in total. The molecule has 0 aliphatic carbocycles. The third kappa shape index (κ3) is 268. The molecule has 0 aromatic heterocycles. The molecule has 2 atom stereocenters. The maximum atomic E-state index is 9.04. The van der Waals surface area contributed by atoms with Gasteiger partial charge in [-0.25, -0.2) is 0 Å². The minimum atomic E-state index is -2.12. The molecule has 0 aromatic rings. The van der Waals surface area contributed by atoms with Gasteiger partial charge in [0.1, 0.15) is 13.3 Å². The van der Waals surface area contributed by atoms with Gasteiger partial charge in [0.2, 0.25) is 0 Å². The van der Waals surface area contributed by atoms with E-state index in [9.17, 15) is 0 Å². The van der Waals surface area contributed by atoms with Crippen LogP contribution in [0.5, 0.6) is 0 Å². The predicted octanol–water partition coefficient (Wildman–Crippen LogP) is -0.943. The zero-order valence-corrected chi connectivity index (χ0v) is 9.23. The fraction of sp³-hybridized carbons (Fsp3) is 1.00. The molecule has 0 saturated heterocycles. The molecule has 0 spiro atoms. The summed E-state index contributed by atoms with van der Waals surface area (Å²) in [4.78, 5) is 18.1. The second kappa shape index (κ2) is 12.1. The van der Waals surface area contributed by atoms with E-state index in [0.717, 1.165) is 13.3 Å². The first-order chi connectivity index (χ1) is 3.46. The van der Waals surface area contributed by atoms with Gasteiger partial charge in [0, 0.05) is 0 Å². The van der Waals surface area contributed by atoms with E-state index in [-0.39, 0.29) is 37.7 Å². The van der Waals surface area contributed by atoms with E-state index in [1.165, 1.54) is 0 Å². The van der Waals surface area contributed by atoms with Gasteiger partial charge in [0.25, 0.3) is 0 Å². The van der Waals surface area contributed by atoms with Crippen LogP contribution >= 0.6 is 16.1 Å². The quantitative estimate of drug-likeness (QED) is 0.369. The van der Waals surface area contributed by atoms with Crippen molar-refractivity contribution >= 4 is 53.8 Å². The molecule has 48 valence electrons. The van der Waals surface area contributed by atoms with E-state index < -0.39 is 16.1 Å². The molecule has 0 heterocycles. The van der Waals surface area contributed by atoms with Gasteiger partial charge < -0.3 is 9.79 Å². The van der Waals surface area contributed by atoms with Crippen LogP contribution in [0.4, 0.5) is 0 Å². The van der Waals surface area contributed by atoms with Crippen LogP contribution in [0.3, 0.4) is 0 Å². The maximum absolute atomic E-state index is 9.04. The van der Waals surface area contributed by atoms with Crippen LogP contribution in [0.1, 0.15) is 0 Å². The van der Waals surface area contributed by atoms with E-state index in [1.54, 1.807) is 0 Å². The average Bonchev–Trinajstić information content (AvgIpc) is 1.25. The summed E-state index contributed by atoms with van der Waals surface area (Å²) in [6.45, 7) is 2.24. The smallest absolute Gasteiger partial charge is 0.596 e. The standard InChI is InChI=1S/2CH3O2P.Ca/c2*1-4(2)3;/h2*1H3;/q;;+2. The van der Waals surface area contributed by atoms with Gasteiger partial charge >= 0.3 is 53.8 Å². The zero-order valence-electron chi connectivity index (χ0n) is 5.23. The number of hydrogen-bond donors (Lipinski definition) is 0. The molecule has 0 aliphatic heterocycles. The third-order valence-corrected chi connectivity index (χ3v) is 0. The van der Waals surface area contributed by atoms with E-state index in [1.807, 2.05) is 0 Å². The monoisotopic (exact) mass is 196 g/mol. The molecule has 4 nitrogen and oxygen atoms in total. The van der Waals surface area contributed by atoms with Crippen LogP contribution in [0.15, 0.2) is 0 Å². The molecule has 0 rings (SSSR count). The Labute approximate surface area is 85.4 Å². The van der Waals surface area contributed by atoms with Gasteiger partial charge in [-0.15, -0.1) is 0 Å². The van der Waals surface area contributed by atoms with Crippen LogP contribution in [0.2, 0.25) is 0 Å². The van der Waals surface area contributed by atoms with Gasteiger partial charge in [0.15, 0.2) is 0 Å². The fourth-order valence-corrected chi connectivity index (χ4v) is 0. The van der Waals surface area contributed by atoms with Crippen molar-refractivity contribution in [3.05, 3.63) is 0 Å². The Bertz CT molecular complexity index is 74.6. The summed E-state index contributed by atoms with van der Waals surface area (Å²) < 4.78 is 18.1. The van der Waals surface area contributed by atoms with Crippen LogP contribution in [0, 0.1) is 0 Å². The third-order valence-electron chi connectivity index (χ3n) is 0. The van der Waals surface area contributed by atoms with Crippen LogP contribution in [-0.2, 0) is 9.13 Å². The fourth-order valence-electron chi connectivity index (χ4n) is 0. The summed E-state index contributed by atoms with van der Waals surface area (Å²) in [5.74, 6) is 0. The van der Waals surface area contributed by atoms with Crippen molar-refractivity contribution in [2.45, 2.75) is 0 Å². The Morgan fingerprint density at radius 1 is 1.00 bits per heavy atom. The van der Waals surface area contributed by atoms with Gasteiger partial charge in [-0.2, -0.15) is 0 Å². The van der Waals surface area contributed by atoms with Crippen LogP contribution in [0.25, 0.3) is 0 Å². The first kappa shape index (κ1) is 16.8. The summed E-state index contributed by atoms with van der Waals surface area (Å²) in [7, 11) is -4.24. The van der Waals surface area contributed by atoms with E-state index in [2.05, 4.69) is 0 Å². The Morgan fingerprint density at radius 2 is 1.00 bits per heavy atom. The second-order valence-corrected chi connectivity index (χ2v) is 2.64. The van der Waals surface area contributed by atoms with Gasteiger partial charge in [-0.05, 0) is 0 Å². The minimum absolute atomic E-state index is 0. The molecule has 0 aliphatic rings. The summed E-state index contributed by atoms with van der Waals surface area (Å²) in [6, 6.07) is 0.